The fourth-order valence-electron chi connectivity index (χ4n) is 2.42. The Balaban J connectivity index is 2.05. The van der Waals surface area contributed by atoms with Crippen LogP contribution in [-0.4, -0.2) is 15.5 Å². The molecule has 2 aromatic rings. The summed E-state index contributed by atoms with van der Waals surface area (Å²) in [4.78, 5) is 36.7. The average molecular weight is 301 g/mol. The molecule has 1 amide bonds. The number of nitrogens with zero attached hydrogens (tertiary/aromatic N) is 1. The van der Waals surface area contributed by atoms with E-state index < -0.39 is 11.2 Å². The van der Waals surface area contributed by atoms with Crippen LogP contribution >= 0.6 is 0 Å². The van der Waals surface area contributed by atoms with E-state index in [-0.39, 0.29) is 18.9 Å². The Morgan fingerprint density at radius 1 is 1.18 bits per heavy atom. The molecule has 0 saturated carbocycles. The van der Waals surface area contributed by atoms with Crippen molar-refractivity contribution < 1.29 is 4.79 Å². The normalized spacial score (nSPS) is 10.5. The summed E-state index contributed by atoms with van der Waals surface area (Å²) >= 11 is 0. The molecule has 0 saturated heterocycles. The molecule has 1 aromatic carbocycles. The van der Waals surface area contributed by atoms with E-state index in [9.17, 15) is 14.4 Å². The van der Waals surface area contributed by atoms with Gasteiger partial charge in [-0.3, -0.25) is 14.6 Å². The van der Waals surface area contributed by atoms with Crippen LogP contribution in [0.3, 0.4) is 0 Å². The standard InChI is InChI=1S/C16H19N3O3/c1-10-8-11(2)15(12(3)9-10)17-13(20)4-6-19-7-5-14(21)18-16(19)22/h5,7-9H,4,6H2,1-3H3,(H,17,20)(H,18,21,22). The van der Waals surface area contributed by atoms with Crippen molar-refractivity contribution in [2.24, 2.45) is 0 Å². The van der Waals surface area contributed by atoms with Gasteiger partial charge in [0.15, 0.2) is 0 Å². The maximum Gasteiger partial charge on any atom is 0.328 e. The maximum absolute atomic E-state index is 12.1. The zero-order chi connectivity index (χ0) is 16.3. The molecule has 116 valence electrons. The van der Waals surface area contributed by atoms with Gasteiger partial charge >= 0.3 is 5.69 Å². The molecule has 6 nitrogen and oxygen atoms in total. The highest BCUT2D eigenvalue weighted by Gasteiger charge is 2.09. The highest BCUT2D eigenvalue weighted by atomic mass is 16.2. The van der Waals surface area contributed by atoms with E-state index in [1.807, 2.05) is 32.9 Å². The Hall–Kier alpha value is -2.63. The summed E-state index contributed by atoms with van der Waals surface area (Å²) < 4.78 is 1.30. The molecule has 0 aliphatic carbocycles. The van der Waals surface area contributed by atoms with Crippen molar-refractivity contribution in [3.05, 3.63) is 61.9 Å². The number of aromatic nitrogens is 2. The van der Waals surface area contributed by atoms with Crippen molar-refractivity contribution in [3.8, 4) is 0 Å². The molecule has 2 rings (SSSR count). The number of amides is 1. The maximum atomic E-state index is 12.1. The Bertz CT molecular complexity index is 795. The second kappa shape index (κ2) is 6.43. The third-order valence-electron chi connectivity index (χ3n) is 3.42. The zero-order valence-electron chi connectivity index (χ0n) is 12.9. The highest BCUT2D eigenvalue weighted by molar-refractivity contribution is 5.92. The number of hydrogen-bond donors (Lipinski definition) is 2. The van der Waals surface area contributed by atoms with Gasteiger partial charge in [-0.15, -0.1) is 0 Å². The van der Waals surface area contributed by atoms with Gasteiger partial charge in [-0.1, -0.05) is 17.7 Å². The van der Waals surface area contributed by atoms with Crippen molar-refractivity contribution in [1.82, 2.24) is 9.55 Å². The third kappa shape index (κ3) is 3.72. The summed E-state index contributed by atoms with van der Waals surface area (Å²) in [6.07, 6.45) is 1.54. The summed E-state index contributed by atoms with van der Waals surface area (Å²) in [6, 6.07) is 5.28. The number of hydrogen-bond acceptors (Lipinski definition) is 3. The summed E-state index contributed by atoms with van der Waals surface area (Å²) in [5, 5.41) is 2.88. The van der Waals surface area contributed by atoms with Crippen LogP contribution in [0.25, 0.3) is 0 Å². The molecular weight excluding hydrogens is 282 g/mol. The number of aromatic amines is 1. The smallest absolute Gasteiger partial charge is 0.326 e. The van der Waals surface area contributed by atoms with Gasteiger partial charge in [0, 0.05) is 30.9 Å². The first-order chi connectivity index (χ1) is 10.4. The number of H-pyrrole nitrogens is 1. The van der Waals surface area contributed by atoms with Crippen LogP contribution in [0.4, 0.5) is 5.69 Å². The van der Waals surface area contributed by atoms with Gasteiger partial charge in [0.05, 0.1) is 0 Å². The minimum Gasteiger partial charge on any atom is -0.326 e. The van der Waals surface area contributed by atoms with E-state index in [0.717, 1.165) is 22.4 Å². The number of anilines is 1. The second-order valence-electron chi connectivity index (χ2n) is 5.38. The first kappa shape index (κ1) is 15.8. The molecule has 0 unspecified atom stereocenters. The minimum atomic E-state index is -0.511. The molecule has 6 heteroatoms. The second-order valence-corrected chi connectivity index (χ2v) is 5.38. The van der Waals surface area contributed by atoms with Crippen molar-refractivity contribution in [2.75, 3.05) is 5.32 Å². The van der Waals surface area contributed by atoms with E-state index in [1.165, 1.54) is 16.8 Å². The summed E-state index contributed by atoms with van der Waals surface area (Å²) in [7, 11) is 0. The van der Waals surface area contributed by atoms with Crippen LogP contribution in [0.1, 0.15) is 23.1 Å². The number of nitrogens with one attached hydrogen (secondary N) is 2. The topological polar surface area (TPSA) is 84.0 Å². The number of benzene rings is 1. The largest absolute Gasteiger partial charge is 0.328 e. The van der Waals surface area contributed by atoms with Gasteiger partial charge in [0.1, 0.15) is 0 Å². The van der Waals surface area contributed by atoms with Gasteiger partial charge in [-0.25, -0.2) is 4.79 Å². The van der Waals surface area contributed by atoms with E-state index in [2.05, 4.69) is 10.3 Å². The Kier molecular flexibility index (Phi) is 4.60. The minimum absolute atomic E-state index is 0.151. The molecule has 0 fully saturated rings. The fourth-order valence-corrected chi connectivity index (χ4v) is 2.42. The first-order valence-corrected chi connectivity index (χ1v) is 7.04. The number of rotatable bonds is 4. The zero-order valence-corrected chi connectivity index (χ0v) is 12.9. The van der Waals surface area contributed by atoms with Crippen LogP contribution in [-0.2, 0) is 11.3 Å². The molecule has 0 radical (unpaired) electrons. The molecule has 0 spiro atoms. The van der Waals surface area contributed by atoms with Crippen molar-refractivity contribution in [3.63, 3.8) is 0 Å². The Labute approximate surface area is 127 Å². The molecular formula is C16H19N3O3. The molecule has 1 heterocycles. The lowest BCUT2D eigenvalue weighted by Gasteiger charge is -2.13. The highest BCUT2D eigenvalue weighted by Crippen LogP contribution is 2.21. The van der Waals surface area contributed by atoms with Gasteiger partial charge in [-0.2, -0.15) is 0 Å². The monoisotopic (exact) mass is 301 g/mol. The van der Waals surface area contributed by atoms with Gasteiger partial charge < -0.3 is 9.88 Å². The SMILES string of the molecule is Cc1cc(C)c(NC(=O)CCn2ccc(=O)[nH]c2=O)c(C)c1. The van der Waals surface area contributed by atoms with E-state index in [1.54, 1.807) is 0 Å². The molecule has 0 atom stereocenters. The van der Waals surface area contributed by atoms with Gasteiger partial charge in [-0.05, 0) is 31.9 Å². The molecule has 0 aliphatic heterocycles. The number of aryl methyl sites for hydroxylation is 4. The number of carbonyl (C=O) groups is 1. The van der Waals surface area contributed by atoms with Gasteiger partial charge in [0.25, 0.3) is 5.56 Å². The van der Waals surface area contributed by atoms with Gasteiger partial charge in [0.2, 0.25) is 5.91 Å². The fraction of sp³-hybridized carbons (Fsp3) is 0.312. The van der Waals surface area contributed by atoms with E-state index in [0.29, 0.717) is 0 Å². The molecule has 0 aliphatic rings. The lowest BCUT2D eigenvalue weighted by Crippen LogP contribution is -2.29. The Morgan fingerprint density at radius 3 is 2.41 bits per heavy atom. The van der Waals surface area contributed by atoms with Crippen molar-refractivity contribution >= 4 is 11.6 Å². The quantitative estimate of drug-likeness (QED) is 0.897. The third-order valence-corrected chi connectivity index (χ3v) is 3.42. The van der Waals surface area contributed by atoms with Crippen molar-refractivity contribution in [1.29, 1.82) is 0 Å². The lowest BCUT2D eigenvalue weighted by molar-refractivity contribution is -0.116. The van der Waals surface area contributed by atoms with Crippen LogP contribution in [0.15, 0.2) is 34.0 Å². The molecule has 2 N–H and O–H groups in total. The Morgan fingerprint density at radius 2 is 1.82 bits per heavy atom. The predicted molar refractivity (Wildman–Crippen MR) is 85.2 cm³/mol. The van der Waals surface area contributed by atoms with Crippen molar-refractivity contribution in [2.45, 2.75) is 33.7 Å². The number of carbonyl (C=O) groups excluding carboxylic acids is 1. The summed E-state index contributed by atoms with van der Waals surface area (Å²) in [5.74, 6) is -0.173. The van der Waals surface area contributed by atoms with E-state index in [4.69, 9.17) is 0 Å². The lowest BCUT2D eigenvalue weighted by atomic mass is 10.1. The molecule has 0 bridgehead atoms. The average Bonchev–Trinajstić information content (AvgIpc) is 2.42. The first-order valence-electron chi connectivity index (χ1n) is 7.04. The molecule has 1 aromatic heterocycles. The predicted octanol–water partition coefficient (Wildman–Crippen LogP) is 1.49. The summed E-state index contributed by atoms with van der Waals surface area (Å²) in [5.41, 5.74) is 3.01. The van der Waals surface area contributed by atoms with Crippen LogP contribution in [0, 0.1) is 20.8 Å². The van der Waals surface area contributed by atoms with Crippen LogP contribution in [0.2, 0.25) is 0 Å². The van der Waals surface area contributed by atoms with Crippen LogP contribution < -0.4 is 16.6 Å². The molecule has 22 heavy (non-hydrogen) atoms. The van der Waals surface area contributed by atoms with Crippen LogP contribution in [0.5, 0.6) is 0 Å². The summed E-state index contributed by atoms with van der Waals surface area (Å²) in [6.45, 7) is 6.11. The van der Waals surface area contributed by atoms with E-state index >= 15 is 0 Å².